The van der Waals surface area contributed by atoms with Crippen molar-refractivity contribution in [2.24, 2.45) is 4.99 Å². The van der Waals surface area contributed by atoms with Gasteiger partial charge in [0.05, 0.1) is 0 Å². The third-order valence-electron chi connectivity index (χ3n) is 5.37. The number of aromatic nitrogens is 3. The second-order valence-corrected chi connectivity index (χ2v) is 8.12. The summed E-state index contributed by atoms with van der Waals surface area (Å²) in [5.41, 5.74) is 2.50. The summed E-state index contributed by atoms with van der Waals surface area (Å²) in [7, 11) is 1.82. The predicted octanol–water partition coefficient (Wildman–Crippen LogP) is 3.32. The van der Waals surface area contributed by atoms with Gasteiger partial charge in [0.15, 0.2) is 11.6 Å². The van der Waals surface area contributed by atoms with Gasteiger partial charge in [-0.3, -0.25) is 9.39 Å². The predicted molar refractivity (Wildman–Crippen MR) is 116 cm³/mol. The first-order chi connectivity index (χ1) is 13.7. The Bertz CT molecular complexity index is 976. The lowest BCUT2D eigenvalue weighted by atomic mass is 9.96. The molecule has 4 rings (SSSR count). The van der Waals surface area contributed by atoms with Gasteiger partial charge in [-0.2, -0.15) is 0 Å². The standard InChI is InChI=1S/C21H25BrN6/c1-23-20(25-15-21(11-12-21)16-7-2-3-8-17(16)22)24-13-6-10-19-27-26-18-9-4-5-14-28(18)19/h2-5,7-9,14H,6,10-13,15H2,1H3,(H2,23,24,25). The maximum absolute atomic E-state index is 4.37. The number of nitrogens with zero attached hydrogens (tertiary/aromatic N) is 4. The number of guanidine groups is 1. The molecule has 146 valence electrons. The normalized spacial score (nSPS) is 15.6. The van der Waals surface area contributed by atoms with E-state index < -0.39 is 0 Å². The van der Waals surface area contributed by atoms with Crippen LogP contribution >= 0.6 is 15.9 Å². The molecule has 0 bridgehead atoms. The fourth-order valence-corrected chi connectivity index (χ4v) is 4.28. The molecule has 2 N–H and O–H groups in total. The van der Waals surface area contributed by atoms with Gasteiger partial charge in [-0.1, -0.05) is 40.2 Å². The van der Waals surface area contributed by atoms with E-state index in [4.69, 9.17) is 0 Å². The molecule has 0 radical (unpaired) electrons. The Hall–Kier alpha value is -2.41. The maximum atomic E-state index is 4.37. The van der Waals surface area contributed by atoms with Crippen molar-refractivity contribution < 1.29 is 0 Å². The van der Waals surface area contributed by atoms with E-state index in [1.807, 2.05) is 35.8 Å². The zero-order valence-electron chi connectivity index (χ0n) is 16.0. The van der Waals surface area contributed by atoms with Gasteiger partial charge < -0.3 is 10.6 Å². The molecule has 0 unspecified atom stereocenters. The van der Waals surface area contributed by atoms with E-state index in [1.165, 1.54) is 22.9 Å². The molecule has 7 heteroatoms. The van der Waals surface area contributed by atoms with Gasteiger partial charge in [0.2, 0.25) is 0 Å². The van der Waals surface area contributed by atoms with Crippen LogP contribution in [-0.4, -0.2) is 40.7 Å². The van der Waals surface area contributed by atoms with Crippen LogP contribution in [-0.2, 0) is 11.8 Å². The topological polar surface area (TPSA) is 66.6 Å². The zero-order chi connectivity index (χ0) is 19.4. The van der Waals surface area contributed by atoms with Gasteiger partial charge in [-0.25, -0.2) is 0 Å². The summed E-state index contributed by atoms with van der Waals surface area (Å²) < 4.78 is 3.24. The van der Waals surface area contributed by atoms with Crippen LogP contribution in [0.25, 0.3) is 5.65 Å². The molecular weight excluding hydrogens is 416 g/mol. The Morgan fingerprint density at radius 1 is 1.14 bits per heavy atom. The molecule has 6 nitrogen and oxygen atoms in total. The second kappa shape index (κ2) is 8.31. The van der Waals surface area contributed by atoms with E-state index in [0.29, 0.717) is 0 Å². The lowest BCUT2D eigenvalue weighted by Crippen LogP contribution is -2.41. The first kappa shape index (κ1) is 18.9. The number of rotatable bonds is 7. The van der Waals surface area contributed by atoms with E-state index in [2.05, 4.69) is 66.0 Å². The number of hydrogen-bond donors (Lipinski definition) is 2. The molecule has 0 saturated heterocycles. The number of pyridine rings is 1. The van der Waals surface area contributed by atoms with E-state index in [9.17, 15) is 0 Å². The van der Waals surface area contributed by atoms with E-state index >= 15 is 0 Å². The van der Waals surface area contributed by atoms with Gasteiger partial charge in [-0.05, 0) is 43.0 Å². The van der Waals surface area contributed by atoms with Gasteiger partial charge in [0.1, 0.15) is 5.82 Å². The number of nitrogens with one attached hydrogen (secondary N) is 2. The number of benzene rings is 1. The van der Waals surface area contributed by atoms with Crippen LogP contribution in [0.15, 0.2) is 58.1 Å². The minimum absolute atomic E-state index is 0.220. The Kier molecular flexibility index (Phi) is 5.62. The molecule has 0 spiro atoms. The summed E-state index contributed by atoms with van der Waals surface area (Å²) in [6.07, 6.45) is 6.26. The average molecular weight is 441 g/mol. The van der Waals surface area contributed by atoms with Gasteiger partial charge in [-0.15, -0.1) is 10.2 Å². The van der Waals surface area contributed by atoms with Crippen LogP contribution in [0.2, 0.25) is 0 Å². The molecule has 0 aliphatic heterocycles. The Morgan fingerprint density at radius 2 is 1.96 bits per heavy atom. The third kappa shape index (κ3) is 4.04. The van der Waals surface area contributed by atoms with Crippen molar-refractivity contribution in [1.29, 1.82) is 0 Å². The summed E-state index contributed by atoms with van der Waals surface area (Å²) in [5.74, 6) is 1.84. The average Bonchev–Trinajstić information content (AvgIpc) is 3.40. The molecule has 0 atom stereocenters. The van der Waals surface area contributed by atoms with E-state index in [-0.39, 0.29) is 5.41 Å². The number of halogens is 1. The largest absolute Gasteiger partial charge is 0.356 e. The molecule has 3 aromatic rings. The van der Waals surface area contributed by atoms with Crippen molar-refractivity contribution in [1.82, 2.24) is 25.2 Å². The molecule has 0 amide bonds. The van der Waals surface area contributed by atoms with Crippen LogP contribution in [0.5, 0.6) is 0 Å². The Morgan fingerprint density at radius 3 is 2.75 bits per heavy atom. The number of fused-ring (bicyclic) bond motifs is 1. The highest BCUT2D eigenvalue weighted by Crippen LogP contribution is 2.49. The van der Waals surface area contributed by atoms with Crippen molar-refractivity contribution in [3.05, 3.63) is 64.5 Å². The minimum Gasteiger partial charge on any atom is -0.356 e. The Labute approximate surface area is 173 Å². The zero-order valence-corrected chi connectivity index (χ0v) is 17.6. The van der Waals surface area contributed by atoms with Gasteiger partial charge in [0.25, 0.3) is 0 Å². The summed E-state index contributed by atoms with van der Waals surface area (Å²) >= 11 is 3.70. The number of hydrogen-bond acceptors (Lipinski definition) is 3. The number of aryl methyl sites for hydroxylation is 1. The van der Waals surface area contributed by atoms with Crippen LogP contribution in [0.4, 0.5) is 0 Å². The van der Waals surface area contributed by atoms with Crippen molar-refractivity contribution in [3.8, 4) is 0 Å². The van der Waals surface area contributed by atoms with Crippen molar-refractivity contribution in [2.75, 3.05) is 20.1 Å². The van der Waals surface area contributed by atoms with Gasteiger partial charge >= 0.3 is 0 Å². The summed E-state index contributed by atoms with van der Waals surface area (Å²) in [6, 6.07) is 14.5. The smallest absolute Gasteiger partial charge is 0.191 e. The highest BCUT2D eigenvalue weighted by molar-refractivity contribution is 9.10. The molecule has 1 fully saturated rings. The molecule has 1 aliphatic carbocycles. The monoisotopic (exact) mass is 440 g/mol. The first-order valence-corrected chi connectivity index (χ1v) is 10.5. The maximum Gasteiger partial charge on any atom is 0.191 e. The van der Waals surface area contributed by atoms with Crippen LogP contribution in [0, 0.1) is 0 Å². The highest BCUT2D eigenvalue weighted by atomic mass is 79.9. The van der Waals surface area contributed by atoms with Crippen LogP contribution in [0.1, 0.15) is 30.7 Å². The van der Waals surface area contributed by atoms with E-state index in [0.717, 1.165) is 43.4 Å². The molecule has 1 aromatic carbocycles. The minimum atomic E-state index is 0.220. The second-order valence-electron chi connectivity index (χ2n) is 7.26. The lowest BCUT2D eigenvalue weighted by molar-refractivity contribution is 0.638. The molecule has 1 saturated carbocycles. The number of aliphatic imine (C=N–C) groups is 1. The summed E-state index contributed by atoms with van der Waals surface area (Å²) in [5, 5.41) is 15.4. The fraction of sp³-hybridized carbons (Fsp3) is 0.381. The van der Waals surface area contributed by atoms with Crippen LogP contribution < -0.4 is 10.6 Å². The molecule has 2 heterocycles. The Balaban J connectivity index is 1.26. The van der Waals surface area contributed by atoms with Crippen LogP contribution in [0.3, 0.4) is 0 Å². The molecule has 1 aliphatic rings. The van der Waals surface area contributed by atoms with Crippen molar-refractivity contribution in [3.63, 3.8) is 0 Å². The highest BCUT2D eigenvalue weighted by Gasteiger charge is 2.45. The quantitative estimate of drug-likeness (QED) is 0.336. The summed E-state index contributed by atoms with van der Waals surface area (Å²) in [4.78, 5) is 4.37. The molecule has 2 aromatic heterocycles. The molecular formula is C21H25BrN6. The third-order valence-corrected chi connectivity index (χ3v) is 6.06. The first-order valence-electron chi connectivity index (χ1n) is 9.70. The van der Waals surface area contributed by atoms with Crippen molar-refractivity contribution >= 4 is 27.5 Å². The fourth-order valence-electron chi connectivity index (χ4n) is 3.57. The lowest BCUT2D eigenvalue weighted by Gasteiger charge is -2.20. The SMILES string of the molecule is CN=C(NCCCc1nnc2ccccn12)NCC1(c2ccccc2Br)CC1. The van der Waals surface area contributed by atoms with Crippen molar-refractivity contribution in [2.45, 2.75) is 31.1 Å². The summed E-state index contributed by atoms with van der Waals surface area (Å²) in [6.45, 7) is 1.73. The molecule has 28 heavy (non-hydrogen) atoms. The van der Waals surface area contributed by atoms with E-state index in [1.54, 1.807) is 0 Å². The van der Waals surface area contributed by atoms with Gasteiger partial charge in [0, 0.05) is 42.6 Å².